The van der Waals surface area contributed by atoms with Crippen LogP contribution >= 0.6 is 22.7 Å². The predicted molar refractivity (Wildman–Crippen MR) is 253 cm³/mol. The molecule has 0 spiro atoms. The van der Waals surface area contributed by atoms with Crippen molar-refractivity contribution in [2.24, 2.45) is 0 Å². The minimum absolute atomic E-state index is 0.0664. The van der Waals surface area contributed by atoms with Crippen molar-refractivity contribution in [1.82, 2.24) is 20.6 Å². The Morgan fingerprint density at radius 1 is 0.537 bits per heavy atom. The lowest BCUT2D eigenvalue weighted by Gasteiger charge is -2.13. The number of carbonyl (C=O) groups is 4. The molecular formula is C48H41FN6O10S2. The van der Waals surface area contributed by atoms with Gasteiger partial charge in [-0.3, -0.25) is 30.2 Å². The Morgan fingerprint density at radius 2 is 1.00 bits per heavy atom. The van der Waals surface area contributed by atoms with Gasteiger partial charge < -0.3 is 39.1 Å². The molecule has 6 amide bonds. The summed E-state index contributed by atoms with van der Waals surface area (Å²) in [6.45, 7) is 0. The predicted octanol–water partition coefficient (Wildman–Crippen LogP) is 10.1. The van der Waals surface area contributed by atoms with Gasteiger partial charge >= 0.3 is 12.1 Å². The van der Waals surface area contributed by atoms with Gasteiger partial charge in [-0.25, -0.2) is 14.0 Å². The molecule has 19 heteroatoms. The molecule has 0 aliphatic heterocycles. The third kappa shape index (κ3) is 12.3. The summed E-state index contributed by atoms with van der Waals surface area (Å²) < 4.78 is 47.9. The van der Waals surface area contributed by atoms with Crippen molar-refractivity contribution in [1.29, 1.82) is 0 Å². The molecule has 0 saturated heterocycles. The Balaban J connectivity index is 0.000000199. The van der Waals surface area contributed by atoms with Crippen LogP contribution in [0.25, 0.3) is 21.8 Å². The van der Waals surface area contributed by atoms with E-state index in [1.165, 1.54) is 49.0 Å². The highest BCUT2D eigenvalue weighted by atomic mass is 32.1. The molecule has 342 valence electrons. The maximum absolute atomic E-state index is 14.6. The zero-order valence-corrected chi connectivity index (χ0v) is 37.8. The van der Waals surface area contributed by atoms with Gasteiger partial charge in [0.15, 0.2) is 23.0 Å². The Hall–Kier alpha value is -8.29. The third-order valence-corrected chi connectivity index (χ3v) is 11.3. The monoisotopic (exact) mass is 944 g/mol. The molecule has 0 aliphatic carbocycles. The van der Waals surface area contributed by atoms with Gasteiger partial charge in [0.25, 0.3) is 0 Å². The number of amides is 6. The SMILES string of the molecule is COc1cc2nccc(Oc3ccc(NC(=O)NC(=O)Cc4cccs4)c(F)c3)c2cc1OC.COc1cc2nccc(Oc3ccc(NC(=O)NC(=O)Cc4cccs4)cc3)c2cc1OC. The number of aromatic nitrogens is 2. The average Bonchev–Trinajstić information content (AvgIpc) is 4.05. The van der Waals surface area contributed by atoms with Crippen molar-refractivity contribution in [3.63, 3.8) is 0 Å². The van der Waals surface area contributed by atoms with E-state index in [4.69, 9.17) is 28.4 Å². The van der Waals surface area contributed by atoms with Crippen LogP contribution in [-0.4, -0.2) is 62.3 Å². The highest BCUT2D eigenvalue weighted by Crippen LogP contribution is 2.39. The van der Waals surface area contributed by atoms with Crippen LogP contribution in [0.5, 0.6) is 46.0 Å². The van der Waals surface area contributed by atoms with Crippen molar-refractivity contribution >= 4 is 79.7 Å². The standard InChI is InChI=1S/C24H20FN3O5S.C24H21N3O5S/c1-31-21-12-16-19(13-22(21)32-2)26-8-7-20(16)33-14-5-6-18(17(25)10-14)27-24(30)28-23(29)11-15-4-3-9-34-15;1-30-21-13-18-19(14-22(21)31-2)25-10-9-20(18)32-16-7-5-15(6-8-16)26-24(29)27-23(28)12-17-4-3-11-33-17/h3-10,12-13H,11H2,1-2H3,(H2,27,28,29,30);3-11,13-14H,12H2,1-2H3,(H2,26,27,28,29). The molecule has 8 rings (SSSR count). The van der Waals surface area contributed by atoms with Crippen molar-refractivity contribution in [2.75, 3.05) is 39.1 Å². The van der Waals surface area contributed by atoms with E-state index >= 15 is 0 Å². The molecule has 0 atom stereocenters. The molecular weight excluding hydrogens is 904 g/mol. The number of ether oxygens (including phenoxy) is 6. The molecule has 16 nitrogen and oxygen atoms in total. The number of anilines is 2. The van der Waals surface area contributed by atoms with Gasteiger partial charge in [0.2, 0.25) is 11.8 Å². The summed E-state index contributed by atoms with van der Waals surface area (Å²) >= 11 is 2.87. The molecule has 67 heavy (non-hydrogen) atoms. The first-order valence-electron chi connectivity index (χ1n) is 20.1. The average molecular weight is 945 g/mol. The maximum Gasteiger partial charge on any atom is 0.325 e. The molecule has 0 bridgehead atoms. The Labute approximate surface area is 390 Å². The summed E-state index contributed by atoms with van der Waals surface area (Å²) in [5.74, 6) is 2.39. The quantitative estimate of drug-likeness (QED) is 0.0806. The van der Waals surface area contributed by atoms with Crippen LogP contribution in [0.2, 0.25) is 0 Å². The third-order valence-electron chi connectivity index (χ3n) is 9.51. The fourth-order valence-electron chi connectivity index (χ4n) is 6.39. The summed E-state index contributed by atoms with van der Waals surface area (Å²) in [6.07, 6.45) is 3.44. The van der Waals surface area contributed by atoms with Gasteiger partial charge in [-0.2, -0.15) is 0 Å². The molecule has 4 heterocycles. The van der Waals surface area contributed by atoms with Crippen LogP contribution in [0.4, 0.5) is 25.4 Å². The van der Waals surface area contributed by atoms with Crippen molar-refractivity contribution in [3.05, 3.63) is 142 Å². The van der Waals surface area contributed by atoms with Crippen LogP contribution in [0, 0.1) is 5.82 Å². The van der Waals surface area contributed by atoms with Crippen molar-refractivity contribution in [2.45, 2.75) is 12.8 Å². The lowest BCUT2D eigenvalue weighted by atomic mass is 10.2. The molecule has 4 N–H and O–H groups in total. The summed E-state index contributed by atoms with van der Waals surface area (Å²) in [4.78, 5) is 58.4. The fourth-order valence-corrected chi connectivity index (χ4v) is 7.80. The number of halogens is 1. The Kier molecular flexibility index (Phi) is 15.4. The maximum atomic E-state index is 14.6. The number of carbonyl (C=O) groups excluding carboxylic acids is 4. The summed E-state index contributed by atoms with van der Waals surface area (Å²) in [7, 11) is 6.19. The van der Waals surface area contributed by atoms with Crippen molar-refractivity contribution in [3.8, 4) is 46.0 Å². The summed E-state index contributed by atoms with van der Waals surface area (Å²) in [6, 6.07) is 27.1. The Bertz CT molecular complexity index is 3030. The zero-order valence-electron chi connectivity index (χ0n) is 36.2. The van der Waals surface area contributed by atoms with Gasteiger partial charge in [-0.05, 0) is 83.6 Å². The second-order valence-corrected chi connectivity index (χ2v) is 16.0. The van der Waals surface area contributed by atoms with Gasteiger partial charge in [-0.1, -0.05) is 12.1 Å². The first-order chi connectivity index (χ1) is 32.5. The second-order valence-electron chi connectivity index (χ2n) is 14.0. The first-order valence-corrected chi connectivity index (χ1v) is 21.8. The number of imide groups is 2. The number of rotatable bonds is 14. The number of benzene rings is 4. The lowest BCUT2D eigenvalue weighted by Crippen LogP contribution is -2.35. The summed E-state index contributed by atoms with van der Waals surface area (Å²) in [5.41, 5.74) is 1.74. The number of pyridine rings is 2. The molecule has 4 aromatic carbocycles. The first kappa shape index (κ1) is 46.7. The van der Waals surface area contributed by atoms with E-state index in [0.717, 1.165) is 21.2 Å². The minimum atomic E-state index is -0.824. The van der Waals surface area contributed by atoms with E-state index < -0.39 is 23.8 Å². The molecule has 4 aromatic heterocycles. The van der Waals surface area contributed by atoms with Crippen LogP contribution in [0.3, 0.4) is 0 Å². The van der Waals surface area contributed by atoms with Gasteiger partial charge in [0, 0.05) is 56.8 Å². The largest absolute Gasteiger partial charge is 0.493 e. The molecule has 0 fully saturated rings. The van der Waals surface area contributed by atoms with Crippen LogP contribution in [0.15, 0.2) is 126 Å². The topological polar surface area (TPSA) is 198 Å². The number of urea groups is 2. The van der Waals surface area contributed by atoms with Crippen LogP contribution < -0.4 is 49.7 Å². The molecule has 0 radical (unpaired) electrons. The second kappa shape index (κ2) is 22.1. The lowest BCUT2D eigenvalue weighted by molar-refractivity contribution is -0.120. The normalized spacial score (nSPS) is 10.5. The van der Waals surface area contributed by atoms with E-state index in [2.05, 4.69) is 31.2 Å². The number of hydrogen-bond acceptors (Lipinski definition) is 14. The number of thiophene rings is 2. The minimum Gasteiger partial charge on any atom is -0.493 e. The van der Waals surface area contributed by atoms with Gasteiger partial charge in [0.1, 0.15) is 28.8 Å². The zero-order chi connectivity index (χ0) is 47.3. The van der Waals surface area contributed by atoms with E-state index in [1.54, 1.807) is 87.3 Å². The number of fused-ring (bicyclic) bond motifs is 2. The van der Waals surface area contributed by atoms with E-state index in [0.29, 0.717) is 62.4 Å². The number of nitrogens with zero attached hydrogens (tertiary/aromatic N) is 2. The van der Waals surface area contributed by atoms with E-state index in [9.17, 15) is 23.6 Å². The number of nitrogens with one attached hydrogen (secondary N) is 4. The van der Waals surface area contributed by atoms with Crippen molar-refractivity contribution < 1.29 is 52.0 Å². The smallest absolute Gasteiger partial charge is 0.325 e. The molecule has 0 aliphatic rings. The van der Waals surface area contributed by atoms with Crippen LogP contribution in [-0.2, 0) is 22.4 Å². The summed E-state index contributed by atoms with van der Waals surface area (Å²) in [5, 5.41) is 14.6. The van der Waals surface area contributed by atoms with Gasteiger partial charge in [-0.15, -0.1) is 22.7 Å². The number of hydrogen-bond donors (Lipinski definition) is 4. The fraction of sp³-hybridized carbons (Fsp3) is 0.125. The highest BCUT2D eigenvalue weighted by Gasteiger charge is 2.16. The molecule has 0 saturated carbocycles. The Morgan fingerprint density at radius 3 is 1.46 bits per heavy atom. The van der Waals surface area contributed by atoms with E-state index in [-0.39, 0.29) is 30.2 Å². The molecule has 0 unspecified atom stereocenters. The van der Waals surface area contributed by atoms with Crippen LogP contribution in [0.1, 0.15) is 9.75 Å². The molecule has 8 aromatic rings. The highest BCUT2D eigenvalue weighted by molar-refractivity contribution is 7.10. The number of methoxy groups -OCH3 is 4. The van der Waals surface area contributed by atoms with Gasteiger partial charge in [0.05, 0.1) is 58.0 Å². The van der Waals surface area contributed by atoms with E-state index in [1.807, 2.05) is 35.0 Å².